The lowest BCUT2D eigenvalue weighted by Crippen LogP contribution is -2.45. The number of halogens is 2. The van der Waals surface area contributed by atoms with Gasteiger partial charge in [0, 0.05) is 24.2 Å². The Morgan fingerprint density at radius 2 is 2.29 bits per heavy atom. The Morgan fingerprint density at radius 3 is 2.94 bits per heavy atom. The molecule has 1 heterocycles. The molecule has 0 radical (unpaired) electrons. The molecule has 0 aromatic heterocycles. The number of carbonyl (C=O) groups is 1. The van der Waals surface area contributed by atoms with E-state index in [2.05, 4.69) is 0 Å². The molecule has 1 amide bonds. The summed E-state index contributed by atoms with van der Waals surface area (Å²) in [4.78, 5) is 13.7. The summed E-state index contributed by atoms with van der Waals surface area (Å²) in [5.74, 6) is -0.893. The second-order valence-electron chi connectivity index (χ2n) is 4.28. The average Bonchev–Trinajstić information content (AvgIpc) is 2.28. The molecule has 1 aliphatic rings. The first kappa shape index (κ1) is 12.3. The molecule has 0 aliphatic carbocycles. The number of likely N-dealkylation sites (tertiary alicyclic amines) is 1. The lowest BCUT2D eigenvalue weighted by molar-refractivity contribution is 0.0704. The Labute approximate surface area is 104 Å². The van der Waals surface area contributed by atoms with Crippen LogP contribution in [-0.2, 0) is 0 Å². The molecule has 1 fully saturated rings. The summed E-state index contributed by atoms with van der Waals surface area (Å²) in [7, 11) is 0. The van der Waals surface area contributed by atoms with Crippen molar-refractivity contribution >= 4 is 17.5 Å². The van der Waals surface area contributed by atoms with Crippen molar-refractivity contribution in [2.75, 3.05) is 13.1 Å². The molecule has 0 saturated carbocycles. The van der Waals surface area contributed by atoms with Crippen molar-refractivity contribution in [3.63, 3.8) is 0 Å². The molecule has 5 heteroatoms. The fourth-order valence-corrected chi connectivity index (χ4v) is 2.19. The predicted molar refractivity (Wildman–Crippen MR) is 64.5 cm³/mol. The van der Waals surface area contributed by atoms with Gasteiger partial charge in [0.15, 0.2) is 0 Å². The van der Waals surface area contributed by atoms with Crippen molar-refractivity contribution in [2.24, 2.45) is 5.73 Å². The van der Waals surface area contributed by atoms with E-state index in [1.165, 1.54) is 12.1 Å². The van der Waals surface area contributed by atoms with E-state index in [-0.39, 0.29) is 22.5 Å². The maximum Gasteiger partial charge on any atom is 0.256 e. The highest BCUT2D eigenvalue weighted by atomic mass is 35.5. The van der Waals surface area contributed by atoms with Crippen LogP contribution in [0, 0.1) is 5.82 Å². The zero-order valence-electron chi connectivity index (χ0n) is 9.33. The maximum atomic E-state index is 13.6. The Balaban J connectivity index is 2.18. The zero-order valence-corrected chi connectivity index (χ0v) is 10.1. The summed E-state index contributed by atoms with van der Waals surface area (Å²) in [5, 5.41) is 0.286. The van der Waals surface area contributed by atoms with E-state index in [4.69, 9.17) is 17.3 Å². The van der Waals surface area contributed by atoms with Crippen LogP contribution >= 0.6 is 11.6 Å². The highest BCUT2D eigenvalue weighted by Gasteiger charge is 2.24. The van der Waals surface area contributed by atoms with Crippen LogP contribution in [0.1, 0.15) is 23.2 Å². The number of hydrogen-bond acceptors (Lipinski definition) is 2. The van der Waals surface area contributed by atoms with E-state index < -0.39 is 5.82 Å². The smallest absolute Gasteiger partial charge is 0.256 e. The van der Waals surface area contributed by atoms with Gasteiger partial charge in [-0.15, -0.1) is 0 Å². The van der Waals surface area contributed by atoms with Crippen LogP contribution in [0.2, 0.25) is 5.02 Å². The van der Waals surface area contributed by atoms with Crippen molar-refractivity contribution in [1.82, 2.24) is 4.90 Å². The number of nitrogens with zero attached hydrogens (tertiary/aromatic N) is 1. The molecule has 1 saturated heterocycles. The van der Waals surface area contributed by atoms with E-state index in [0.717, 1.165) is 18.9 Å². The SMILES string of the molecule is N[C@@H]1CCCN(C(=O)c2ccc(Cl)cc2F)C1. The molecule has 2 rings (SSSR count). The normalized spacial score (nSPS) is 20.4. The van der Waals surface area contributed by atoms with E-state index >= 15 is 0 Å². The Hall–Kier alpha value is -1.13. The standard InChI is InChI=1S/C12H14ClFN2O/c13-8-3-4-10(11(14)6-8)12(17)16-5-1-2-9(15)7-16/h3-4,6,9H,1-2,5,7,15H2/t9-/m1/s1. The van der Waals surface area contributed by atoms with Gasteiger partial charge in [-0.25, -0.2) is 4.39 Å². The van der Waals surface area contributed by atoms with Gasteiger partial charge >= 0.3 is 0 Å². The zero-order chi connectivity index (χ0) is 12.4. The summed E-state index contributed by atoms with van der Waals surface area (Å²) in [6.45, 7) is 1.12. The molecule has 0 spiro atoms. The van der Waals surface area contributed by atoms with Gasteiger partial charge < -0.3 is 10.6 Å². The monoisotopic (exact) mass is 256 g/mol. The first-order valence-corrected chi connectivity index (χ1v) is 5.95. The third-order valence-electron chi connectivity index (χ3n) is 2.91. The number of carbonyl (C=O) groups excluding carboxylic acids is 1. The summed E-state index contributed by atoms with van der Waals surface area (Å²) in [6, 6.07) is 4.07. The van der Waals surface area contributed by atoms with Crippen molar-refractivity contribution < 1.29 is 9.18 Å². The van der Waals surface area contributed by atoms with E-state index in [1.807, 2.05) is 0 Å². The number of amides is 1. The van der Waals surface area contributed by atoms with Crippen LogP contribution in [0.25, 0.3) is 0 Å². The minimum absolute atomic E-state index is 0.0111. The van der Waals surface area contributed by atoms with E-state index in [1.54, 1.807) is 4.90 Å². The summed E-state index contributed by atoms with van der Waals surface area (Å²) in [6.07, 6.45) is 1.77. The van der Waals surface area contributed by atoms with Gasteiger partial charge in [0.05, 0.1) is 5.56 Å². The summed E-state index contributed by atoms with van der Waals surface area (Å²) < 4.78 is 13.6. The lowest BCUT2D eigenvalue weighted by atomic mass is 10.1. The van der Waals surface area contributed by atoms with Gasteiger partial charge in [-0.05, 0) is 31.0 Å². The molecular formula is C12H14ClFN2O. The topological polar surface area (TPSA) is 46.3 Å². The second kappa shape index (κ2) is 5.02. The number of piperidine rings is 1. The van der Waals surface area contributed by atoms with E-state index in [9.17, 15) is 9.18 Å². The van der Waals surface area contributed by atoms with Gasteiger partial charge in [0.2, 0.25) is 0 Å². The Morgan fingerprint density at radius 1 is 1.53 bits per heavy atom. The molecule has 2 N–H and O–H groups in total. The summed E-state index contributed by atoms with van der Waals surface area (Å²) >= 11 is 5.65. The fourth-order valence-electron chi connectivity index (χ4n) is 2.03. The van der Waals surface area contributed by atoms with Crippen LogP contribution < -0.4 is 5.73 Å². The molecule has 1 aromatic carbocycles. The lowest BCUT2D eigenvalue weighted by Gasteiger charge is -2.30. The number of hydrogen-bond donors (Lipinski definition) is 1. The average molecular weight is 257 g/mol. The maximum absolute atomic E-state index is 13.6. The van der Waals surface area contributed by atoms with Crippen LogP contribution in [0.3, 0.4) is 0 Å². The molecule has 1 aromatic rings. The minimum atomic E-state index is -0.582. The van der Waals surface area contributed by atoms with E-state index in [0.29, 0.717) is 13.1 Å². The largest absolute Gasteiger partial charge is 0.337 e. The third kappa shape index (κ3) is 2.76. The number of rotatable bonds is 1. The van der Waals surface area contributed by atoms with Gasteiger partial charge in [-0.3, -0.25) is 4.79 Å². The summed E-state index contributed by atoms with van der Waals surface area (Å²) in [5.41, 5.74) is 5.85. The Kier molecular flexibility index (Phi) is 3.64. The molecule has 1 aliphatic heterocycles. The first-order chi connectivity index (χ1) is 8.08. The quantitative estimate of drug-likeness (QED) is 0.836. The highest BCUT2D eigenvalue weighted by Crippen LogP contribution is 2.18. The van der Waals surface area contributed by atoms with Crippen LogP contribution in [-0.4, -0.2) is 29.9 Å². The molecule has 0 unspecified atom stereocenters. The molecule has 1 atom stereocenters. The van der Waals surface area contributed by atoms with Crippen molar-refractivity contribution in [3.8, 4) is 0 Å². The van der Waals surface area contributed by atoms with Crippen molar-refractivity contribution in [3.05, 3.63) is 34.6 Å². The second-order valence-corrected chi connectivity index (χ2v) is 4.71. The molecule has 3 nitrogen and oxygen atoms in total. The van der Waals surface area contributed by atoms with Crippen LogP contribution in [0.4, 0.5) is 4.39 Å². The first-order valence-electron chi connectivity index (χ1n) is 5.58. The predicted octanol–water partition coefficient (Wildman–Crippen LogP) is 2.04. The number of nitrogens with two attached hydrogens (primary N) is 1. The fraction of sp³-hybridized carbons (Fsp3) is 0.417. The molecule has 0 bridgehead atoms. The molecular weight excluding hydrogens is 243 g/mol. The van der Waals surface area contributed by atoms with Crippen molar-refractivity contribution in [1.29, 1.82) is 0 Å². The number of benzene rings is 1. The van der Waals surface area contributed by atoms with Gasteiger partial charge in [0.25, 0.3) is 5.91 Å². The Bertz CT molecular complexity index is 439. The van der Waals surface area contributed by atoms with Gasteiger partial charge in [-0.2, -0.15) is 0 Å². The third-order valence-corrected chi connectivity index (χ3v) is 3.14. The molecule has 17 heavy (non-hydrogen) atoms. The van der Waals surface area contributed by atoms with Crippen LogP contribution in [0.5, 0.6) is 0 Å². The van der Waals surface area contributed by atoms with Crippen LogP contribution in [0.15, 0.2) is 18.2 Å². The van der Waals surface area contributed by atoms with Crippen molar-refractivity contribution in [2.45, 2.75) is 18.9 Å². The van der Waals surface area contributed by atoms with Gasteiger partial charge in [-0.1, -0.05) is 11.6 Å². The molecule has 92 valence electrons. The van der Waals surface area contributed by atoms with Gasteiger partial charge in [0.1, 0.15) is 5.82 Å². The minimum Gasteiger partial charge on any atom is -0.337 e. The highest BCUT2D eigenvalue weighted by molar-refractivity contribution is 6.30.